The van der Waals surface area contributed by atoms with Crippen molar-refractivity contribution in [3.05, 3.63) is 128 Å². The standard InChI is InChI=1S/C36H41N5O6/c1-25-11-8-9-16-31(25)40-19-17-39(18-20-40)21-22-46-36(43)33-27(3)37-26(2)32(34(33)29-14-10-15-30(23-29)41(44)45)35(42)38(4)47-24-28-12-6-5-7-13-28/h5-16,23,34,37H,17-22,24H2,1-4H3. The van der Waals surface area contributed by atoms with Gasteiger partial charge in [0.2, 0.25) is 0 Å². The minimum Gasteiger partial charge on any atom is -0.461 e. The average Bonchev–Trinajstić information content (AvgIpc) is 3.07. The summed E-state index contributed by atoms with van der Waals surface area (Å²) in [5, 5.41) is 16.0. The molecule has 0 aromatic heterocycles. The Hall–Kier alpha value is -5.00. The highest BCUT2D eigenvalue weighted by Crippen LogP contribution is 2.40. The number of esters is 1. The summed E-state index contributed by atoms with van der Waals surface area (Å²) in [4.78, 5) is 49.4. The lowest BCUT2D eigenvalue weighted by atomic mass is 9.80. The molecule has 3 aromatic carbocycles. The smallest absolute Gasteiger partial charge is 0.336 e. The van der Waals surface area contributed by atoms with Crippen LogP contribution in [0.3, 0.4) is 0 Å². The molecule has 0 radical (unpaired) electrons. The van der Waals surface area contributed by atoms with Gasteiger partial charge in [0.05, 0.1) is 22.0 Å². The number of carbonyl (C=O) groups excluding carboxylic acids is 2. The largest absolute Gasteiger partial charge is 0.461 e. The van der Waals surface area contributed by atoms with Gasteiger partial charge in [0.15, 0.2) is 0 Å². The van der Waals surface area contributed by atoms with E-state index in [-0.39, 0.29) is 30.0 Å². The van der Waals surface area contributed by atoms with Crippen LogP contribution in [0.1, 0.15) is 36.5 Å². The maximum Gasteiger partial charge on any atom is 0.336 e. The third kappa shape index (κ3) is 7.87. The second kappa shape index (κ2) is 15.1. The maximum absolute atomic E-state index is 14.0. The topological polar surface area (TPSA) is 117 Å². The van der Waals surface area contributed by atoms with E-state index in [1.54, 1.807) is 26.0 Å². The van der Waals surface area contributed by atoms with E-state index in [1.165, 1.54) is 30.4 Å². The molecule has 1 amide bonds. The summed E-state index contributed by atoms with van der Waals surface area (Å²) in [6.45, 7) is 9.89. The molecule has 246 valence electrons. The Bertz CT molecular complexity index is 1680. The molecular formula is C36H41N5O6. The van der Waals surface area contributed by atoms with Crippen LogP contribution in [0.2, 0.25) is 0 Å². The molecule has 1 N–H and O–H groups in total. The highest BCUT2D eigenvalue weighted by atomic mass is 16.7. The lowest BCUT2D eigenvalue weighted by Gasteiger charge is -2.36. The highest BCUT2D eigenvalue weighted by Gasteiger charge is 2.39. The average molecular weight is 640 g/mol. The Morgan fingerprint density at radius 2 is 1.60 bits per heavy atom. The van der Waals surface area contributed by atoms with Crippen molar-refractivity contribution in [1.82, 2.24) is 15.3 Å². The first kappa shape index (κ1) is 33.4. The number of non-ortho nitro benzene ring substituents is 1. The van der Waals surface area contributed by atoms with E-state index in [2.05, 4.69) is 40.2 Å². The molecule has 5 rings (SSSR count). The number of allylic oxidation sites excluding steroid dienone is 2. The number of amides is 1. The number of carbonyl (C=O) groups is 2. The van der Waals surface area contributed by atoms with Gasteiger partial charge in [-0.1, -0.05) is 60.7 Å². The van der Waals surface area contributed by atoms with Crippen molar-refractivity contribution < 1.29 is 24.1 Å². The molecule has 1 fully saturated rings. The number of hydrogen-bond donors (Lipinski definition) is 1. The zero-order chi connectivity index (χ0) is 33.5. The molecular weight excluding hydrogens is 598 g/mol. The number of dihydropyridines is 1. The van der Waals surface area contributed by atoms with Crippen LogP contribution >= 0.6 is 0 Å². The van der Waals surface area contributed by atoms with Crippen LogP contribution in [0.15, 0.2) is 101 Å². The quantitative estimate of drug-likeness (QED) is 0.174. The fourth-order valence-electron chi connectivity index (χ4n) is 6.15. The van der Waals surface area contributed by atoms with Crippen molar-refractivity contribution >= 4 is 23.3 Å². The molecule has 1 unspecified atom stereocenters. The van der Waals surface area contributed by atoms with Gasteiger partial charge in [0.25, 0.3) is 11.6 Å². The van der Waals surface area contributed by atoms with Crippen molar-refractivity contribution in [3.8, 4) is 0 Å². The van der Waals surface area contributed by atoms with Gasteiger partial charge < -0.3 is 15.0 Å². The van der Waals surface area contributed by atoms with Crippen molar-refractivity contribution in [2.24, 2.45) is 0 Å². The fourth-order valence-corrected chi connectivity index (χ4v) is 6.15. The number of nitro groups is 1. The summed E-state index contributed by atoms with van der Waals surface area (Å²) >= 11 is 0. The van der Waals surface area contributed by atoms with Crippen molar-refractivity contribution in [2.75, 3.05) is 51.3 Å². The first-order chi connectivity index (χ1) is 22.6. The number of hydrogen-bond acceptors (Lipinski definition) is 9. The monoisotopic (exact) mass is 639 g/mol. The van der Waals surface area contributed by atoms with Gasteiger partial charge in [0, 0.05) is 69.0 Å². The van der Waals surface area contributed by atoms with Crippen LogP contribution in [-0.2, 0) is 25.8 Å². The van der Waals surface area contributed by atoms with Gasteiger partial charge in [0.1, 0.15) is 13.2 Å². The number of anilines is 1. The predicted molar refractivity (Wildman–Crippen MR) is 179 cm³/mol. The first-order valence-corrected chi connectivity index (χ1v) is 15.7. The highest BCUT2D eigenvalue weighted by molar-refractivity contribution is 6.01. The third-order valence-corrected chi connectivity index (χ3v) is 8.65. The molecule has 2 aliphatic rings. The molecule has 2 aliphatic heterocycles. The number of ether oxygens (including phenoxy) is 1. The second-order valence-corrected chi connectivity index (χ2v) is 11.8. The molecule has 47 heavy (non-hydrogen) atoms. The van der Waals surface area contributed by atoms with Crippen LogP contribution in [0.5, 0.6) is 0 Å². The SMILES string of the molecule is CC1=C(C(=O)OCCN2CCN(c3ccccc3C)CC2)C(c2cccc([N+](=O)[O-])c2)C(C(=O)N(C)OCc2ccccc2)=C(C)N1. The minimum absolute atomic E-state index is 0.144. The molecule has 0 aliphatic carbocycles. The summed E-state index contributed by atoms with van der Waals surface area (Å²) in [6.07, 6.45) is 0. The van der Waals surface area contributed by atoms with Gasteiger partial charge in [-0.2, -0.15) is 0 Å². The second-order valence-electron chi connectivity index (χ2n) is 11.8. The number of nitrogens with one attached hydrogen (secondary N) is 1. The molecule has 1 saturated heterocycles. The van der Waals surface area contributed by atoms with E-state index in [0.29, 0.717) is 23.5 Å². The molecule has 0 bridgehead atoms. The van der Waals surface area contributed by atoms with Crippen LogP contribution in [0, 0.1) is 17.0 Å². The summed E-state index contributed by atoms with van der Waals surface area (Å²) in [7, 11) is 1.51. The molecule has 3 aromatic rings. The Morgan fingerprint density at radius 1 is 0.915 bits per heavy atom. The van der Waals surface area contributed by atoms with E-state index in [9.17, 15) is 19.7 Å². The molecule has 2 heterocycles. The van der Waals surface area contributed by atoms with E-state index < -0.39 is 22.7 Å². The van der Waals surface area contributed by atoms with Gasteiger partial charge in [-0.3, -0.25) is 24.6 Å². The Labute approximate surface area is 275 Å². The number of para-hydroxylation sites is 1. The lowest BCUT2D eigenvalue weighted by Crippen LogP contribution is -2.47. The van der Waals surface area contributed by atoms with Crippen molar-refractivity contribution in [2.45, 2.75) is 33.3 Å². The van der Waals surface area contributed by atoms with Gasteiger partial charge in [-0.15, -0.1) is 0 Å². The van der Waals surface area contributed by atoms with E-state index in [4.69, 9.17) is 9.57 Å². The number of hydroxylamine groups is 2. The summed E-state index contributed by atoms with van der Waals surface area (Å²) in [6, 6.07) is 23.8. The van der Waals surface area contributed by atoms with Crippen molar-refractivity contribution in [3.63, 3.8) is 0 Å². The summed E-state index contributed by atoms with van der Waals surface area (Å²) in [5.74, 6) is -1.99. The summed E-state index contributed by atoms with van der Waals surface area (Å²) < 4.78 is 5.84. The molecule has 0 saturated carbocycles. The molecule has 1 atom stereocenters. The number of aryl methyl sites for hydroxylation is 1. The number of benzene rings is 3. The maximum atomic E-state index is 14.0. The number of nitro benzene ring substituents is 1. The normalized spacial score (nSPS) is 16.9. The Kier molecular flexibility index (Phi) is 10.7. The molecule has 11 nitrogen and oxygen atoms in total. The van der Waals surface area contributed by atoms with Gasteiger partial charge in [-0.05, 0) is 43.5 Å². The lowest BCUT2D eigenvalue weighted by molar-refractivity contribution is -0.384. The molecule has 11 heteroatoms. The number of nitrogens with zero attached hydrogens (tertiary/aromatic N) is 4. The van der Waals surface area contributed by atoms with Crippen molar-refractivity contribution in [1.29, 1.82) is 0 Å². The van der Waals surface area contributed by atoms with E-state index >= 15 is 0 Å². The number of likely N-dealkylation sites (N-methyl/N-ethyl adjacent to an activating group) is 1. The predicted octanol–water partition coefficient (Wildman–Crippen LogP) is 5.09. The van der Waals surface area contributed by atoms with Crippen LogP contribution in [-0.4, -0.2) is 73.1 Å². The number of rotatable bonds is 11. The van der Waals surface area contributed by atoms with Crippen LogP contribution in [0.4, 0.5) is 11.4 Å². The zero-order valence-corrected chi connectivity index (χ0v) is 27.3. The molecule has 0 spiro atoms. The summed E-state index contributed by atoms with van der Waals surface area (Å²) in [5.41, 5.74) is 5.14. The fraction of sp³-hybridized carbons (Fsp3) is 0.333. The minimum atomic E-state index is -0.920. The van der Waals surface area contributed by atoms with E-state index in [1.807, 2.05) is 36.4 Å². The zero-order valence-electron chi connectivity index (χ0n) is 27.3. The third-order valence-electron chi connectivity index (χ3n) is 8.65. The Balaban J connectivity index is 1.31. The number of piperazine rings is 1. The van der Waals surface area contributed by atoms with Gasteiger partial charge in [-0.25, -0.2) is 9.86 Å². The van der Waals surface area contributed by atoms with Gasteiger partial charge >= 0.3 is 5.97 Å². The van der Waals surface area contributed by atoms with E-state index in [0.717, 1.165) is 36.8 Å². The Morgan fingerprint density at radius 3 is 2.30 bits per heavy atom. The van der Waals surface area contributed by atoms with Crippen LogP contribution in [0.25, 0.3) is 0 Å². The van der Waals surface area contributed by atoms with Crippen LogP contribution < -0.4 is 10.2 Å². The first-order valence-electron chi connectivity index (χ1n) is 15.7.